The van der Waals surface area contributed by atoms with Crippen molar-refractivity contribution in [2.45, 2.75) is 31.6 Å². The molecule has 1 unspecified atom stereocenters. The number of unbranched alkanes of at least 4 members (excludes halogenated alkanes) is 1. The van der Waals surface area contributed by atoms with E-state index in [4.69, 9.17) is 5.11 Å². The van der Waals surface area contributed by atoms with Crippen LogP contribution in [0, 0.1) is 5.92 Å². The number of aromatic nitrogens is 4. The largest absolute Gasteiger partial charge is 0.481 e. The smallest absolute Gasteiger partial charge is 0.307 e. The second-order valence-electron chi connectivity index (χ2n) is 5.23. The molecule has 0 saturated carbocycles. The molecule has 0 aliphatic carbocycles. The van der Waals surface area contributed by atoms with Crippen LogP contribution >= 0.6 is 0 Å². The standard InChI is InChI=1S/C15H20N4O3/c20-9-5-4-8-12(15(21)22)13(14-16-18-19-17-14)10-11-6-2-1-3-7-11/h1-3,6-7,12-13,20H,4-5,8-10H2,(H,21,22)(H,16,17,18,19)/t12?,13-/m0/s1. The van der Waals surface area contributed by atoms with Crippen LogP contribution in [-0.2, 0) is 11.2 Å². The summed E-state index contributed by atoms with van der Waals surface area (Å²) in [6.07, 6.45) is 2.25. The number of aliphatic hydroxyl groups excluding tert-OH is 1. The lowest BCUT2D eigenvalue weighted by atomic mass is 9.83. The van der Waals surface area contributed by atoms with E-state index in [0.717, 1.165) is 5.56 Å². The number of hydrogen-bond acceptors (Lipinski definition) is 5. The molecule has 1 heterocycles. The molecule has 0 spiro atoms. The number of carbonyl (C=O) groups is 1. The molecule has 22 heavy (non-hydrogen) atoms. The number of aliphatic hydroxyl groups is 1. The van der Waals surface area contributed by atoms with Crippen LogP contribution < -0.4 is 0 Å². The first kappa shape index (κ1) is 16.1. The van der Waals surface area contributed by atoms with Crippen LogP contribution in [0.5, 0.6) is 0 Å². The van der Waals surface area contributed by atoms with Crippen molar-refractivity contribution >= 4 is 5.97 Å². The van der Waals surface area contributed by atoms with Crippen molar-refractivity contribution in [3.8, 4) is 0 Å². The maximum absolute atomic E-state index is 11.7. The van der Waals surface area contributed by atoms with Gasteiger partial charge in [0.1, 0.15) is 0 Å². The Bertz CT molecular complexity index is 559. The van der Waals surface area contributed by atoms with Gasteiger partial charge in [0.15, 0.2) is 5.82 Å². The van der Waals surface area contributed by atoms with Gasteiger partial charge in [-0.2, -0.15) is 5.21 Å². The summed E-state index contributed by atoms with van der Waals surface area (Å²) >= 11 is 0. The average Bonchev–Trinajstić information content (AvgIpc) is 3.05. The van der Waals surface area contributed by atoms with Gasteiger partial charge in [-0.25, -0.2) is 0 Å². The summed E-state index contributed by atoms with van der Waals surface area (Å²) in [7, 11) is 0. The van der Waals surface area contributed by atoms with E-state index in [9.17, 15) is 9.90 Å². The van der Waals surface area contributed by atoms with Gasteiger partial charge >= 0.3 is 5.97 Å². The van der Waals surface area contributed by atoms with Crippen molar-refractivity contribution in [1.82, 2.24) is 20.6 Å². The van der Waals surface area contributed by atoms with Crippen LogP contribution in [0.1, 0.15) is 36.6 Å². The summed E-state index contributed by atoms with van der Waals surface area (Å²) in [5.41, 5.74) is 1.03. The fourth-order valence-electron chi connectivity index (χ4n) is 2.58. The number of tetrazole rings is 1. The number of carboxylic acids is 1. The summed E-state index contributed by atoms with van der Waals surface area (Å²) < 4.78 is 0. The molecule has 1 aromatic heterocycles. The number of hydrogen-bond donors (Lipinski definition) is 3. The Morgan fingerprint density at radius 2 is 2.00 bits per heavy atom. The van der Waals surface area contributed by atoms with E-state index in [0.29, 0.717) is 31.5 Å². The SMILES string of the molecule is O=C(O)C(CCCCO)[C@H](Cc1ccccc1)c1nn[nH]n1. The lowest BCUT2D eigenvalue weighted by molar-refractivity contribution is -0.143. The highest BCUT2D eigenvalue weighted by Gasteiger charge is 2.32. The Morgan fingerprint density at radius 3 is 2.59 bits per heavy atom. The number of benzene rings is 1. The predicted molar refractivity (Wildman–Crippen MR) is 79.1 cm³/mol. The molecule has 1 aromatic carbocycles. The minimum atomic E-state index is -0.872. The number of nitrogens with zero attached hydrogens (tertiary/aromatic N) is 3. The van der Waals surface area contributed by atoms with Crippen molar-refractivity contribution < 1.29 is 15.0 Å². The fourth-order valence-corrected chi connectivity index (χ4v) is 2.58. The molecule has 7 nitrogen and oxygen atoms in total. The van der Waals surface area contributed by atoms with Crippen molar-refractivity contribution in [1.29, 1.82) is 0 Å². The highest BCUT2D eigenvalue weighted by Crippen LogP contribution is 2.30. The van der Waals surface area contributed by atoms with Crippen LogP contribution in [0.2, 0.25) is 0 Å². The second kappa shape index (κ2) is 8.23. The molecule has 0 aliphatic heterocycles. The number of H-pyrrole nitrogens is 1. The van der Waals surface area contributed by atoms with Gasteiger partial charge in [-0.1, -0.05) is 42.0 Å². The maximum Gasteiger partial charge on any atom is 0.307 e. The van der Waals surface area contributed by atoms with Gasteiger partial charge in [-0.05, 0) is 24.8 Å². The monoisotopic (exact) mass is 304 g/mol. The highest BCUT2D eigenvalue weighted by atomic mass is 16.4. The molecular formula is C15H20N4O3. The zero-order valence-electron chi connectivity index (χ0n) is 12.2. The molecule has 118 valence electrons. The maximum atomic E-state index is 11.7. The Balaban J connectivity index is 2.20. The third-order valence-electron chi connectivity index (χ3n) is 3.72. The highest BCUT2D eigenvalue weighted by molar-refractivity contribution is 5.71. The quantitative estimate of drug-likeness (QED) is 0.603. The predicted octanol–water partition coefficient (Wildman–Crippen LogP) is 1.39. The molecule has 0 aliphatic rings. The second-order valence-corrected chi connectivity index (χ2v) is 5.23. The molecule has 7 heteroatoms. The van der Waals surface area contributed by atoms with Gasteiger partial charge in [0.25, 0.3) is 0 Å². The van der Waals surface area contributed by atoms with Crippen LogP contribution in [0.15, 0.2) is 30.3 Å². The number of rotatable bonds is 9. The molecular weight excluding hydrogens is 284 g/mol. The zero-order valence-corrected chi connectivity index (χ0v) is 12.2. The van der Waals surface area contributed by atoms with Crippen molar-refractivity contribution in [2.24, 2.45) is 5.92 Å². The zero-order chi connectivity index (χ0) is 15.8. The van der Waals surface area contributed by atoms with E-state index in [1.54, 1.807) is 0 Å². The molecule has 2 atom stereocenters. The first-order valence-electron chi connectivity index (χ1n) is 7.33. The topological polar surface area (TPSA) is 112 Å². The third kappa shape index (κ3) is 4.36. The van der Waals surface area contributed by atoms with E-state index in [2.05, 4.69) is 20.6 Å². The Labute approximate surface area is 128 Å². The number of aromatic amines is 1. The van der Waals surface area contributed by atoms with Gasteiger partial charge in [0.2, 0.25) is 0 Å². The normalized spacial score (nSPS) is 13.7. The summed E-state index contributed by atoms with van der Waals surface area (Å²) in [5.74, 6) is -1.41. The number of aliphatic carboxylic acids is 1. The van der Waals surface area contributed by atoms with Crippen LogP contribution in [0.3, 0.4) is 0 Å². The summed E-state index contributed by atoms with van der Waals surface area (Å²) in [4.78, 5) is 11.7. The number of carboxylic acid groups (broad SMARTS) is 1. The van der Waals surface area contributed by atoms with Gasteiger partial charge in [-0.3, -0.25) is 4.79 Å². The van der Waals surface area contributed by atoms with Gasteiger partial charge in [-0.15, -0.1) is 10.2 Å². The van der Waals surface area contributed by atoms with Gasteiger partial charge in [0.05, 0.1) is 5.92 Å². The van der Waals surface area contributed by atoms with Crippen molar-refractivity contribution in [2.75, 3.05) is 6.61 Å². The molecule has 0 radical (unpaired) electrons. The first-order chi connectivity index (χ1) is 10.7. The van der Waals surface area contributed by atoms with E-state index in [1.807, 2.05) is 30.3 Å². The van der Waals surface area contributed by atoms with Crippen molar-refractivity contribution in [3.05, 3.63) is 41.7 Å². The Kier molecular flexibility index (Phi) is 6.02. The lowest BCUT2D eigenvalue weighted by Gasteiger charge is -2.21. The van der Waals surface area contributed by atoms with E-state index in [1.165, 1.54) is 0 Å². The molecule has 0 amide bonds. The Hall–Kier alpha value is -2.28. The van der Waals surface area contributed by atoms with E-state index < -0.39 is 11.9 Å². The summed E-state index contributed by atoms with van der Waals surface area (Å²) in [5, 5.41) is 32.4. The van der Waals surface area contributed by atoms with E-state index in [-0.39, 0.29) is 12.5 Å². The molecule has 2 aromatic rings. The van der Waals surface area contributed by atoms with E-state index >= 15 is 0 Å². The molecule has 2 rings (SSSR count). The summed E-state index contributed by atoms with van der Waals surface area (Å²) in [6.45, 7) is 0.0674. The van der Waals surface area contributed by atoms with Crippen LogP contribution in [0.25, 0.3) is 0 Å². The third-order valence-corrected chi connectivity index (χ3v) is 3.72. The van der Waals surface area contributed by atoms with Gasteiger partial charge in [0, 0.05) is 12.5 Å². The van der Waals surface area contributed by atoms with Crippen molar-refractivity contribution in [3.63, 3.8) is 0 Å². The summed E-state index contributed by atoms with van der Waals surface area (Å²) in [6, 6.07) is 9.68. The molecule has 0 bridgehead atoms. The number of nitrogens with one attached hydrogen (secondary N) is 1. The minimum absolute atomic E-state index is 0.0674. The average molecular weight is 304 g/mol. The molecule has 0 saturated heterocycles. The first-order valence-corrected chi connectivity index (χ1v) is 7.33. The fraction of sp³-hybridized carbons (Fsp3) is 0.467. The molecule has 3 N–H and O–H groups in total. The van der Waals surface area contributed by atoms with Gasteiger partial charge < -0.3 is 10.2 Å². The molecule has 0 fully saturated rings. The lowest BCUT2D eigenvalue weighted by Crippen LogP contribution is -2.25. The van der Waals surface area contributed by atoms with Crippen LogP contribution in [-0.4, -0.2) is 43.4 Å². The Morgan fingerprint density at radius 1 is 1.23 bits per heavy atom. The minimum Gasteiger partial charge on any atom is -0.481 e. The van der Waals surface area contributed by atoms with Crippen LogP contribution in [0.4, 0.5) is 0 Å².